The highest BCUT2D eigenvalue weighted by Gasteiger charge is 2.22. The fraction of sp³-hybridized carbons (Fsp3) is 0.133. The maximum atomic E-state index is 5.46. The van der Waals surface area contributed by atoms with Gasteiger partial charge in [-0.1, -0.05) is 0 Å². The molecule has 0 saturated carbocycles. The molecule has 0 atom stereocenters. The van der Waals surface area contributed by atoms with Gasteiger partial charge < -0.3 is 18.9 Å². The SMILES string of the molecule is c1c[n+]2cc3c(cc2c2cc4c(cc12)OCO4)OCO3. The van der Waals surface area contributed by atoms with Gasteiger partial charge in [0.15, 0.2) is 23.4 Å². The van der Waals surface area contributed by atoms with Gasteiger partial charge in [0, 0.05) is 6.07 Å². The molecule has 0 saturated heterocycles. The van der Waals surface area contributed by atoms with E-state index in [0.29, 0.717) is 0 Å². The molecule has 5 heteroatoms. The fourth-order valence-corrected chi connectivity index (χ4v) is 2.73. The molecule has 0 spiro atoms. The lowest BCUT2D eigenvalue weighted by molar-refractivity contribution is -0.511. The Morgan fingerprint density at radius 2 is 1.50 bits per heavy atom. The van der Waals surface area contributed by atoms with E-state index in [1.165, 1.54) is 0 Å². The Morgan fingerprint density at radius 1 is 0.800 bits per heavy atom. The molecule has 4 heterocycles. The number of ether oxygens (including phenoxy) is 4. The van der Waals surface area contributed by atoms with Gasteiger partial charge in [-0.05, 0) is 17.5 Å². The first-order valence-corrected chi connectivity index (χ1v) is 6.35. The summed E-state index contributed by atoms with van der Waals surface area (Å²) in [5.41, 5.74) is 1.05. The van der Waals surface area contributed by atoms with Gasteiger partial charge in [0.2, 0.25) is 31.0 Å². The number of rotatable bonds is 0. The van der Waals surface area contributed by atoms with Gasteiger partial charge in [-0.15, -0.1) is 0 Å². The van der Waals surface area contributed by atoms with Gasteiger partial charge in [0.05, 0.1) is 11.5 Å². The van der Waals surface area contributed by atoms with Gasteiger partial charge in [-0.25, -0.2) is 0 Å². The molecule has 0 radical (unpaired) electrons. The summed E-state index contributed by atoms with van der Waals surface area (Å²) < 4.78 is 23.8. The van der Waals surface area contributed by atoms with E-state index >= 15 is 0 Å². The molecule has 0 bridgehead atoms. The molecular formula is C15H10NO4+. The molecule has 0 amide bonds. The molecule has 20 heavy (non-hydrogen) atoms. The molecule has 5 rings (SSSR count). The smallest absolute Gasteiger partial charge is 0.231 e. The van der Waals surface area contributed by atoms with Crippen molar-refractivity contribution >= 4 is 16.3 Å². The first-order chi connectivity index (χ1) is 9.88. The van der Waals surface area contributed by atoms with Gasteiger partial charge in [0.1, 0.15) is 0 Å². The molecule has 2 aromatic heterocycles. The lowest BCUT2D eigenvalue weighted by atomic mass is 10.1. The van der Waals surface area contributed by atoms with E-state index in [-0.39, 0.29) is 13.6 Å². The first-order valence-electron chi connectivity index (χ1n) is 6.35. The van der Waals surface area contributed by atoms with Crippen LogP contribution < -0.4 is 23.3 Å². The van der Waals surface area contributed by atoms with Crippen LogP contribution in [-0.2, 0) is 0 Å². The first kappa shape index (κ1) is 10.1. The Bertz CT molecular complexity index is 802. The summed E-state index contributed by atoms with van der Waals surface area (Å²) in [6, 6.07) is 8.05. The minimum Gasteiger partial charge on any atom is -0.454 e. The maximum Gasteiger partial charge on any atom is 0.231 e. The predicted molar refractivity (Wildman–Crippen MR) is 69.4 cm³/mol. The minimum atomic E-state index is 0.274. The molecule has 98 valence electrons. The largest absolute Gasteiger partial charge is 0.454 e. The Labute approximate surface area is 113 Å². The third kappa shape index (κ3) is 1.24. The molecule has 0 aliphatic carbocycles. The third-order valence-electron chi connectivity index (χ3n) is 3.71. The van der Waals surface area contributed by atoms with Crippen molar-refractivity contribution in [2.75, 3.05) is 13.6 Å². The van der Waals surface area contributed by atoms with Crippen molar-refractivity contribution in [3.8, 4) is 23.0 Å². The predicted octanol–water partition coefficient (Wildman–Crippen LogP) is 2.04. The van der Waals surface area contributed by atoms with E-state index in [4.69, 9.17) is 18.9 Å². The average Bonchev–Trinajstić information content (AvgIpc) is 3.10. The summed E-state index contributed by atoms with van der Waals surface area (Å²) in [5, 5.41) is 2.20. The summed E-state index contributed by atoms with van der Waals surface area (Å²) in [6.45, 7) is 0.555. The second-order valence-electron chi connectivity index (χ2n) is 4.81. The minimum absolute atomic E-state index is 0.274. The summed E-state index contributed by atoms with van der Waals surface area (Å²) in [5.74, 6) is 3.11. The maximum absolute atomic E-state index is 5.46. The molecule has 3 aromatic rings. The average molecular weight is 268 g/mol. The van der Waals surface area contributed by atoms with Crippen molar-refractivity contribution < 1.29 is 23.3 Å². The molecule has 2 aliphatic rings. The quantitative estimate of drug-likeness (QED) is 0.462. The fourth-order valence-electron chi connectivity index (χ4n) is 2.73. The topological polar surface area (TPSA) is 41.0 Å². The van der Waals surface area contributed by atoms with Gasteiger partial charge >= 0.3 is 0 Å². The molecule has 0 unspecified atom stereocenters. The Hall–Kier alpha value is -2.69. The zero-order valence-electron chi connectivity index (χ0n) is 10.5. The number of hydrogen-bond acceptors (Lipinski definition) is 4. The number of nitrogens with zero attached hydrogens (tertiary/aromatic N) is 1. The van der Waals surface area contributed by atoms with Crippen LogP contribution in [0.2, 0.25) is 0 Å². The zero-order valence-corrected chi connectivity index (χ0v) is 10.5. The summed E-state index contributed by atoms with van der Waals surface area (Å²) in [4.78, 5) is 0. The van der Waals surface area contributed by atoms with Crippen LogP contribution in [0.15, 0.2) is 36.7 Å². The van der Waals surface area contributed by atoms with Crippen molar-refractivity contribution in [2.45, 2.75) is 0 Å². The number of fused-ring (bicyclic) bond motifs is 5. The molecular weight excluding hydrogens is 258 g/mol. The number of aromatic nitrogens is 1. The summed E-state index contributed by atoms with van der Waals surface area (Å²) in [7, 11) is 0. The summed E-state index contributed by atoms with van der Waals surface area (Å²) >= 11 is 0. The van der Waals surface area contributed by atoms with Crippen LogP contribution in [0.3, 0.4) is 0 Å². The normalized spacial score (nSPS) is 15.2. The molecule has 5 nitrogen and oxygen atoms in total. The van der Waals surface area contributed by atoms with Crippen LogP contribution >= 0.6 is 0 Å². The second-order valence-corrected chi connectivity index (χ2v) is 4.81. The van der Waals surface area contributed by atoms with E-state index in [1.807, 2.05) is 41.1 Å². The van der Waals surface area contributed by atoms with Crippen LogP contribution in [0, 0.1) is 0 Å². The standard InChI is InChI=1S/C15H10NO4/c1-2-16-6-15-14(19-8-20-15)5-11(16)10-4-13-12(3-9(1)10)17-7-18-13/h1-6H,7-8H2/q+1. The molecule has 0 fully saturated rings. The Balaban J connectivity index is 1.90. The van der Waals surface area contributed by atoms with Crippen molar-refractivity contribution in [3.63, 3.8) is 0 Å². The summed E-state index contributed by atoms with van der Waals surface area (Å²) in [6.07, 6.45) is 3.93. The number of hydrogen-bond donors (Lipinski definition) is 0. The highest BCUT2D eigenvalue weighted by atomic mass is 16.7. The highest BCUT2D eigenvalue weighted by Crippen LogP contribution is 2.38. The third-order valence-corrected chi connectivity index (χ3v) is 3.71. The molecule has 1 aromatic carbocycles. The van der Waals surface area contributed by atoms with E-state index < -0.39 is 0 Å². The van der Waals surface area contributed by atoms with Gasteiger partial charge in [-0.2, -0.15) is 4.40 Å². The van der Waals surface area contributed by atoms with E-state index in [0.717, 1.165) is 39.3 Å². The molecule has 2 aliphatic heterocycles. The van der Waals surface area contributed by atoms with Crippen LogP contribution in [0.25, 0.3) is 16.3 Å². The van der Waals surface area contributed by atoms with Gasteiger partial charge in [-0.3, -0.25) is 0 Å². The van der Waals surface area contributed by atoms with Crippen molar-refractivity contribution in [1.82, 2.24) is 0 Å². The lowest BCUT2D eigenvalue weighted by Crippen LogP contribution is -2.20. The van der Waals surface area contributed by atoms with Crippen LogP contribution in [0.1, 0.15) is 0 Å². The Morgan fingerprint density at radius 3 is 2.35 bits per heavy atom. The van der Waals surface area contributed by atoms with Crippen LogP contribution in [0.5, 0.6) is 23.0 Å². The van der Waals surface area contributed by atoms with Gasteiger partial charge in [0.25, 0.3) is 0 Å². The lowest BCUT2D eigenvalue weighted by Gasteiger charge is -2.02. The van der Waals surface area contributed by atoms with E-state index in [1.54, 1.807) is 0 Å². The van der Waals surface area contributed by atoms with E-state index in [2.05, 4.69) is 0 Å². The van der Waals surface area contributed by atoms with E-state index in [9.17, 15) is 0 Å². The van der Waals surface area contributed by atoms with Crippen molar-refractivity contribution in [1.29, 1.82) is 0 Å². The Kier molecular flexibility index (Phi) is 1.75. The van der Waals surface area contributed by atoms with Crippen molar-refractivity contribution in [2.24, 2.45) is 0 Å². The second kappa shape index (κ2) is 3.45. The molecule has 0 N–H and O–H groups in total. The van der Waals surface area contributed by atoms with Crippen molar-refractivity contribution in [3.05, 3.63) is 36.7 Å². The number of benzene rings is 1. The number of pyridine rings is 2. The highest BCUT2D eigenvalue weighted by molar-refractivity contribution is 5.96. The van der Waals surface area contributed by atoms with Crippen LogP contribution in [0.4, 0.5) is 0 Å². The monoisotopic (exact) mass is 268 g/mol. The zero-order chi connectivity index (χ0) is 13.1. The van der Waals surface area contributed by atoms with Crippen LogP contribution in [-0.4, -0.2) is 13.6 Å².